The van der Waals surface area contributed by atoms with Gasteiger partial charge in [-0.25, -0.2) is 4.79 Å². The summed E-state index contributed by atoms with van der Waals surface area (Å²) in [6.07, 6.45) is 0.220. The lowest BCUT2D eigenvalue weighted by Crippen LogP contribution is -2.39. The quantitative estimate of drug-likeness (QED) is 0.773. The van der Waals surface area contributed by atoms with Gasteiger partial charge in [-0.3, -0.25) is 0 Å². The molecule has 0 saturated carbocycles. The van der Waals surface area contributed by atoms with E-state index in [1.54, 1.807) is 7.05 Å². The Hall–Kier alpha value is -2.53. The highest BCUT2D eigenvalue weighted by Gasteiger charge is 2.15. The highest BCUT2D eigenvalue weighted by atomic mass is 16.5. The first-order valence-corrected chi connectivity index (χ1v) is 8.54. The summed E-state index contributed by atoms with van der Waals surface area (Å²) < 4.78 is 5.70. The number of amides is 2. The van der Waals surface area contributed by atoms with Crippen LogP contribution in [0, 0.1) is 0 Å². The van der Waals surface area contributed by atoms with Crippen LogP contribution in [0.5, 0.6) is 5.75 Å². The molecule has 2 aromatic rings. The van der Waals surface area contributed by atoms with Gasteiger partial charge >= 0.3 is 6.03 Å². The second-order valence-electron chi connectivity index (χ2n) is 5.92. The fourth-order valence-electron chi connectivity index (χ4n) is 2.43. The lowest BCUT2D eigenvalue weighted by atomic mass is 10.1. The molecule has 0 fully saturated rings. The molecule has 5 heteroatoms. The van der Waals surface area contributed by atoms with Gasteiger partial charge in [0.05, 0.1) is 19.3 Å². The zero-order valence-corrected chi connectivity index (χ0v) is 14.8. The average Bonchev–Trinajstić information content (AvgIpc) is 2.65. The first-order valence-electron chi connectivity index (χ1n) is 8.54. The van der Waals surface area contributed by atoms with Crippen molar-refractivity contribution in [2.75, 3.05) is 20.2 Å². The van der Waals surface area contributed by atoms with E-state index in [0.29, 0.717) is 13.2 Å². The number of hydrogen-bond donors (Lipinski definition) is 2. The monoisotopic (exact) mass is 342 g/mol. The van der Waals surface area contributed by atoms with E-state index in [4.69, 9.17) is 4.74 Å². The SMILES string of the molecule is CCCOc1ccccc1CNC(=O)N(C)C[C@H](O)c1ccccc1. The minimum atomic E-state index is -0.711. The Labute approximate surface area is 149 Å². The summed E-state index contributed by atoms with van der Waals surface area (Å²) in [5.41, 5.74) is 1.72. The van der Waals surface area contributed by atoms with Gasteiger partial charge in [-0.1, -0.05) is 55.5 Å². The van der Waals surface area contributed by atoms with Gasteiger partial charge in [-0.05, 0) is 18.1 Å². The molecule has 134 valence electrons. The van der Waals surface area contributed by atoms with Crippen LogP contribution in [0.1, 0.15) is 30.6 Å². The number of rotatable bonds is 8. The average molecular weight is 342 g/mol. The number of nitrogens with one attached hydrogen (secondary N) is 1. The first-order chi connectivity index (χ1) is 12.1. The number of likely N-dealkylation sites (N-methyl/N-ethyl adjacent to an activating group) is 1. The maximum atomic E-state index is 12.3. The zero-order valence-electron chi connectivity index (χ0n) is 14.8. The molecule has 0 aromatic heterocycles. The van der Waals surface area contributed by atoms with E-state index in [1.807, 2.05) is 54.6 Å². The summed E-state index contributed by atoms with van der Waals surface area (Å²) in [6.45, 7) is 3.31. The number of aliphatic hydroxyl groups is 1. The third kappa shape index (κ3) is 5.80. The van der Waals surface area contributed by atoms with Crippen molar-refractivity contribution in [2.45, 2.75) is 26.0 Å². The van der Waals surface area contributed by atoms with Gasteiger partial charge < -0.3 is 20.1 Å². The summed E-state index contributed by atoms with van der Waals surface area (Å²) in [7, 11) is 1.67. The number of carbonyl (C=O) groups is 1. The van der Waals surface area contributed by atoms with Crippen molar-refractivity contribution < 1.29 is 14.6 Å². The van der Waals surface area contributed by atoms with Gasteiger partial charge in [-0.15, -0.1) is 0 Å². The summed E-state index contributed by atoms with van der Waals surface area (Å²) in [6, 6.07) is 16.8. The molecule has 0 aliphatic rings. The summed E-state index contributed by atoms with van der Waals surface area (Å²) in [4.78, 5) is 13.8. The second-order valence-corrected chi connectivity index (χ2v) is 5.92. The Bertz CT molecular complexity index is 661. The molecule has 0 aliphatic carbocycles. The Morgan fingerprint density at radius 3 is 2.56 bits per heavy atom. The molecule has 25 heavy (non-hydrogen) atoms. The van der Waals surface area contributed by atoms with Gasteiger partial charge in [0, 0.05) is 19.2 Å². The molecule has 2 N–H and O–H groups in total. The Morgan fingerprint density at radius 2 is 1.84 bits per heavy atom. The standard InChI is InChI=1S/C20H26N2O3/c1-3-13-25-19-12-8-7-11-17(19)14-21-20(24)22(2)15-18(23)16-9-5-4-6-10-16/h4-12,18,23H,3,13-15H2,1-2H3,(H,21,24)/t18-/m0/s1. The van der Waals surface area contributed by atoms with Crippen LogP contribution < -0.4 is 10.1 Å². The maximum absolute atomic E-state index is 12.3. The minimum absolute atomic E-state index is 0.226. The highest BCUT2D eigenvalue weighted by Crippen LogP contribution is 2.18. The van der Waals surface area contributed by atoms with Gasteiger partial charge in [0.15, 0.2) is 0 Å². The largest absolute Gasteiger partial charge is 0.493 e. The van der Waals surface area contributed by atoms with Crippen LogP contribution in [-0.4, -0.2) is 36.2 Å². The molecular weight excluding hydrogens is 316 g/mol. The smallest absolute Gasteiger partial charge is 0.317 e. The lowest BCUT2D eigenvalue weighted by molar-refractivity contribution is 0.131. The molecule has 0 aliphatic heterocycles. The van der Waals surface area contributed by atoms with E-state index in [2.05, 4.69) is 12.2 Å². The van der Waals surface area contributed by atoms with Crippen molar-refractivity contribution in [3.05, 3.63) is 65.7 Å². The van der Waals surface area contributed by atoms with Crippen LogP contribution in [0.3, 0.4) is 0 Å². The van der Waals surface area contributed by atoms with Crippen molar-refractivity contribution in [1.29, 1.82) is 0 Å². The van der Waals surface area contributed by atoms with E-state index in [0.717, 1.165) is 23.3 Å². The molecule has 2 amide bonds. The number of benzene rings is 2. The van der Waals surface area contributed by atoms with Crippen molar-refractivity contribution in [3.8, 4) is 5.75 Å². The summed E-state index contributed by atoms with van der Waals surface area (Å²) >= 11 is 0. The van der Waals surface area contributed by atoms with E-state index < -0.39 is 6.10 Å². The van der Waals surface area contributed by atoms with Gasteiger partial charge in [-0.2, -0.15) is 0 Å². The minimum Gasteiger partial charge on any atom is -0.493 e. The molecular formula is C20H26N2O3. The number of nitrogens with zero attached hydrogens (tertiary/aromatic N) is 1. The molecule has 0 bridgehead atoms. The summed E-state index contributed by atoms with van der Waals surface area (Å²) in [5.74, 6) is 0.789. The van der Waals surface area contributed by atoms with Gasteiger partial charge in [0.2, 0.25) is 0 Å². The fraction of sp³-hybridized carbons (Fsp3) is 0.350. The van der Waals surface area contributed by atoms with E-state index in [-0.39, 0.29) is 12.6 Å². The third-order valence-corrected chi connectivity index (χ3v) is 3.84. The van der Waals surface area contributed by atoms with Crippen LogP contribution in [0.4, 0.5) is 4.79 Å². The van der Waals surface area contributed by atoms with Crippen LogP contribution in [0.25, 0.3) is 0 Å². The number of urea groups is 1. The fourth-order valence-corrected chi connectivity index (χ4v) is 2.43. The number of hydrogen-bond acceptors (Lipinski definition) is 3. The third-order valence-electron chi connectivity index (χ3n) is 3.84. The molecule has 0 spiro atoms. The van der Waals surface area contributed by atoms with Crippen LogP contribution in [0.2, 0.25) is 0 Å². The van der Waals surface area contributed by atoms with E-state index in [9.17, 15) is 9.90 Å². The predicted molar refractivity (Wildman–Crippen MR) is 98.5 cm³/mol. The van der Waals surface area contributed by atoms with Crippen molar-refractivity contribution in [2.24, 2.45) is 0 Å². The van der Waals surface area contributed by atoms with Crippen LogP contribution in [-0.2, 0) is 6.54 Å². The normalized spacial score (nSPS) is 11.6. The second kappa shape index (κ2) is 9.69. The molecule has 5 nitrogen and oxygen atoms in total. The number of aliphatic hydroxyl groups excluding tert-OH is 1. The Kier molecular flexibility index (Phi) is 7.29. The number of ether oxygens (including phenoxy) is 1. The maximum Gasteiger partial charge on any atom is 0.317 e. The molecule has 2 rings (SSSR count). The number of para-hydroxylation sites is 1. The Balaban J connectivity index is 1.87. The molecule has 0 heterocycles. The van der Waals surface area contributed by atoms with E-state index in [1.165, 1.54) is 4.90 Å². The lowest BCUT2D eigenvalue weighted by Gasteiger charge is -2.22. The molecule has 0 saturated heterocycles. The van der Waals surface area contributed by atoms with E-state index >= 15 is 0 Å². The van der Waals surface area contributed by atoms with Crippen molar-refractivity contribution >= 4 is 6.03 Å². The van der Waals surface area contributed by atoms with Gasteiger partial charge in [0.25, 0.3) is 0 Å². The molecule has 2 aromatic carbocycles. The first kappa shape index (κ1) is 18.8. The Morgan fingerprint density at radius 1 is 1.16 bits per heavy atom. The zero-order chi connectivity index (χ0) is 18.1. The van der Waals surface area contributed by atoms with Crippen LogP contribution >= 0.6 is 0 Å². The molecule has 1 atom stereocenters. The molecule has 0 unspecified atom stereocenters. The van der Waals surface area contributed by atoms with Gasteiger partial charge in [0.1, 0.15) is 5.75 Å². The van der Waals surface area contributed by atoms with Crippen molar-refractivity contribution in [1.82, 2.24) is 10.2 Å². The highest BCUT2D eigenvalue weighted by molar-refractivity contribution is 5.74. The molecule has 0 radical (unpaired) electrons. The van der Waals surface area contributed by atoms with Crippen molar-refractivity contribution in [3.63, 3.8) is 0 Å². The summed E-state index contributed by atoms with van der Waals surface area (Å²) in [5, 5.41) is 13.1. The number of carbonyl (C=O) groups excluding carboxylic acids is 1. The predicted octanol–water partition coefficient (Wildman–Crippen LogP) is 3.35. The topological polar surface area (TPSA) is 61.8 Å². The van der Waals surface area contributed by atoms with Crippen LogP contribution in [0.15, 0.2) is 54.6 Å².